The highest BCUT2D eigenvalue weighted by molar-refractivity contribution is 9.11. The minimum absolute atomic E-state index is 0.226. The van der Waals surface area contributed by atoms with Crippen LogP contribution in [0.4, 0.5) is 13.2 Å². The second kappa shape index (κ2) is 4.48. The van der Waals surface area contributed by atoms with Gasteiger partial charge in [0.2, 0.25) is 0 Å². The van der Waals surface area contributed by atoms with Gasteiger partial charge in [-0.2, -0.15) is 18.3 Å². The standard InChI is InChI=1S/C11H12BrF3N2/c1-2-17-6-8(7-4-3-5-9(7)12)10(16-17)11(13,14)15/h6H,2-5H2,1H3. The molecule has 0 fully saturated rings. The Labute approximate surface area is 106 Å². The summed E-state index contributed by atoms with van der Waals surface area (Å²) in [6, 6.07) is 0. The van der Waals surface area contributed by atoms with Crippen LogP contribution in [0.5, 0.6) is 0 Å². The summed E-state index contributed by atoms with van der Waals surface area (Å²) in [7, 11) is 0. The van der Waals surface area contributed by atoms with E-state index in [9.17, 15) is 13.2 Å². The molecule has 0 saturated heterocycles. The maximum absolute atomic E-state index is 12.9. The number of allylic oxidation sites excluding steroid dienone is 2. The number of aromatic nitrogens is 2. The molecule has 0 aromatic carbocycles. The number of aryl methyl sites for hydroxylation is 1. The molecule has 17 heavy (non-hydrogen) atoms. The van der Waals surface area contributed by atoms with Gasteiger partial charge in [-0.3, -0.25) is 4.68 Å². The molecule has 0 saturated carbocycles. The van der Waals surface area contributed by atoms with Crippen molar-refractivity contribution in [2.75, 3.05) is 0 Å². The van der Waals surface area contributed by atoms with Gasteiger partial charge in [0, 0.05) is 18.3 Å². The summed E-state index contributed by atoms with van der Waals surface area (Å²) >= 11 is 3.35. The molecule has 0 atom stereocenters. The van der Waals surface area contributed by atoms with Crippen LogP contribution in [0.2, 0.25) is 0 Å². The van der Waals surface area contributed by atoms with Gasteiger partial charge < -0.3 is 0 Å². The van der Waals surface area contributed by atoms with Gasteiger partial charge in [0.25, 0.3) is 0 Å². The molecule has 1 heterocycles. The Hall–Kier alpha value is -0.780. The van der Waals surface area contributed by atoms with E-state index in [1.165, 1.54) is 10.9 Å². The molecule has 2 nitrogen and oxygen atoms in total. The van der Waals surface area contributed by atoms with Crippen molar-refractivity contribution >= 4 is 21.5 Å². The lowest BCUT2D eigenvalue weighted by atomic mass is 10.1. The lowest BCUT2D eigenvalue weighted by Crippen LogP contribution is -2.09. The van der Waals surface area contributed by atoms with E-state index in [2.05, 4.69) is 21.0 Å². The molecular formula is C11H12BrF3N2. The average molecular weight is 309 g/mol. The van der Waals surface area contributed by atoms with Crippen LogP contribution in [0.15, 0.2) is 10.7 Å². The Morgan fingerprint density at radius 3 is 2.59 bits per heavy atom. The molecular weight excluding hydrogens is 297 g/mol. The van der Waals surface area contributed by atoms with Gasteiger partial charge in [0.1, 0.15) is 0 Å². The topological polar surface area (TPSA) is 17.8 Å². The van der Waals surface area contributed by atoms with E-state index < -0.39 is 11.9 Å². The Bertz CT molecular complexity index is 460. The largest absolute Gasteiger partial charge is 0.435 e. The van der Waals surface area contributed by atoms with Crippen LogP contribution in [0, 0.1) is 0 Å². The highest BCUT2D eigenvalue weighted by Gasteiger charge is 2.38. The molecule has 0 bridgehead atoms. The summed E-state index contributed by atoms with van der Waals surface area (Å²) in [4.78, 5) is 0. The number of hydrogen-bond acceptors (Lipinski definition) is 1. The van der Waals surface area contributed by atoms with Crippen molar-refractivity contribution < 1.29 is 13.2 Å². The van der Waals surface area contributed by atoms with Crippen LogP contribution in [0.25, 0.3) is 5.57 Å². The highest BCUT2D eigenvalue weighted by Crippen LogP contribution is 2.42. The third kappa shape index (κ3) is 2.41. The first kappa shape index (κ1) is 12.7. The molecule has 0 N–H and O–H groups in total. The molecule has 2 rings (SSSR count). The normalized spacial score (nSPS) is 17.0. The summed E-state index contributed by atoms with van der Waals surface area (Å²) in [6.45, 7) is 2.21. The zero-order valence-corrected chi connectivity index (χ0v) is 10.9. The van der Waals surface area contributed by atoms with Gasteiger partial charge in [-0.25, -0.2) is 0 Å². The quantitative estimate of drug-likeness (QED) is 0.800. The third-order valence-corrected chi connectivity index (χ3v) is 3.70. The minimum atomic E-state index is -4.39. The monoisotopic (exact) mass is 308 g/mol. The summed E-state index contributed by atoms with van der Waals surface area (Å²) < 4.78 is 40.8. The smallest absolute Gasteiger partial charge is 0.272 e. The predicted molar refractivity (Wildman–Crippen MR) is 62.6 cm³/mol. The molecule has 1 aromatic rings. The minimum Gasteiger partial charge on any atom is -0.272 e. The van der Waals surface area contributed by atoms with Crippen molar-refractivity contribution in [3.63, 3.8) is 0 Å². The van der Waals surface area contributed by atoms with Crippen molar-refractivity contribution in [3.05, 3.63) is 21.9 Å². The Kier molecular flexibility index (Phi) is 3.34. The van der Waals surface area contributed by atoms with Crippen LogP contribution in [0.3, 0.4) is 0 Å². The second-order valence-electron chi connectivity index (χ2n) is 3.98. The summed E-state index contributed by atoms with van der Waals surface area (Å²) in [5, 5.41) is 3.62. The van der Waals surface area contributed by atoms with Crippen molar-refractivity contribution in [2.24, 2.45) is 0 Å². The number of halogens is 4. The van der Waals surface area contributed by atoms with Crippen LogP contribution in [-0.2, 0) is 12.7 Å². The van der Waals surface area contributed by atoms with Crippen LogP contribution < -0.4 is 0 Å². The first-order valence-corrected chi connectivity index (χ1v) is 6.25. The van der Waals surface area contributed by atoms with Crippen LogP contribution in [0.1, 0.15) is 37.4 Å². The van der Waals surface area contributed by atoms with E-state index >= 15 is 0 Å². The Morgan fingerprint density at radius 1 is 1.41 bits per heavy atom. The fraction of sp³-hybridized carbons (Fsp3) is 0.545. The molecule has 1 aliphatic carbocycles. The van der Waals surface area contributed by atoms with Crippen LogP contribution >= 0.6 is 15.9 Å². The average Bonchev–Trinajstić information content (AvgIpc) is 2.81. The van der Waals surface area contributed by atoms with Gasteiger partial charge >= 0.3 is 6.18 Å². The van der Waals surface area contributed by atoms with E-state index in [-0.39, 0.29) is 5.56 Å². The summed E-state index contributed by atoms with van der Waals surface area (Å²) in [5.74, 6) is 0. The zero-order valence-electron chi connectivity index (χ0n) is 9.31. The first-order valence-electron chi connectivity index (χ1n) is 5.46. The van der Waals surface area contributed by atoms with Crippen molar-refractivity contribution in [2.45, 2.75) is 38.9 Å². The van der Waals surface area contributed by atoms with E-state index in [1.54, 1.807) is 6.92 Å². The predicted octanol–water partition coefficient (Wildman–Crippen LogP) is 4.21. The Balaban J connectivity index is 2.52. The third-order valence-electron chi connectivity index (χ3n) is 2.83. The molecule has 0 unspecified atom stereocenters. The number of alkyl halides is 3. The summed E-state index contributed by atoms with van der Waals surface area (Å²) in [5.41, 5.74) is 0.203. The maximum atomic E-state index is 12.9. The van der Waals surface area contributed by atoms with Crippen molar-refractivity contribution in [3.8, 4) is 0 Å². The lowest BCUT2D eigenvalue weighted by molar-refractivity contribution is -0.141. The molecule has 1 aromatic heterocycles. The van der Waals surface area contributed by atoms with Gasteiger partial charge in [0.05, 0.1) is 0 Å². The zero-order chi connectivity index (χ0) is 12.6. The summed E-state index contributed by atoms with van der Waals surface area (Å²) in [6.07, 6.45) is -0.517. The molecule has 0 amide bonds. The van der Waals surface area contributed by atoms with Gasteiger partial charge in [-0.1, -0.05) is 15.9 Å². The van der Waals surface area contributed by atoms with E-state index in [1.807, 2.05) is 0 Å². The van der Waals surface area contributed by atoms with Crippen molar-refractivity contribution in [1.29, 1.82) is 0 Å². The Morgan fingerprint density at radius 2 is 2.12 bits per heavy atom. The van der Waals surface area contributed by atoms with Crippen molar-refractivity contribution in [1.82, 2.24) is 9.78 Å². The lowest BCUT2D eigenvalue weighted by Gasteiger charge is -2.07. The van der Waals surface area contributed by atoms with E-state index in [0.29, 0.717) is 13.0 Å². The molecule has 94 valence electrons. The van der Waals surface area contributed by atoms with Gasteiger partial charge in [-0.05, 0) is 36.2 Å². The van der Waals surface area contributed by atoms with Gasteiger partial charge in [0.15, 0.2) is 5.69 Å². The molecule has 6 heteroatoms. The van der Waals surface area contributed by atoms with Gasteiger partial charge in [-0.15, -0.1) is 0 Å². The first-order chi connectivity index (χ1) is 7.93. The van der Waals surface area contributed by atoms with Crippen LogP contribution in [-0.4, -0.2) is 9.78 Å². The fourth-order valence-electron chi connectivity index (χ4n) is 2.00. The number of nitrogens with zero attached hydrogens (tertiary/aromatic N) is 2. The molecule has 0 aliphatic heterocycles. The maximum Gasteiger partial charge on any atom is 0.435 e. The number of hydrogen-bond donors (Lipinski definition) is 0. The molecule has 1 aliphatic rings. The SMILES string of the molecule is CCn1cc(C2=C(Br)CCC2)c(C(F)(F)F)n1. The van der Waals surface area contributed by atoms with E-state index in [0.717, 1.165) is 22.9 Å². The molecule has 0 radical (unpaired) electrons. The highest BCUT2D eigenvalue weighted by atomic mass is 79.9. The number of rotatable bonds is 2. The van der Waals surface area contributed by atoms with E-state index in [4.69, 9.17) is 0 Å². The fourth-order valence-corrected chi connectivity index (χ4v) is 2.69. The molecule has 0 spiro atoms. The second-order valence-corrected chi connectivity index (χ2v) is 4.94.